The Morgan fingerprint density at radius 2 is 1.69 bits per heavy atom. The Bertz CT molecular complexity index is 830. The highest BCUT2D eigenvalue weighted by atomic mass is 16.5. The number of hydrogen-bond donors (Lipinski definition) is 1. The van der Waals surface area contributed by atoms with Crippen LogP contribution in [0.2, 0.25) is 0 Å². The summed E-state index contributed by atoms with van der Waals surface area (Å²) in [6.07, 6.45) is 0.962. The summed E-state index contributed by atoms with van der Waals surface area (Å²) in [5, 5.41) is 2.96. The summed E-state index contributed by atoms with van der Waals surface area (Å²) in [6.45, 7) is 5.80. The average Bonchev–Trinajstić information content (AvgIpc) is 2.75. The van der Waals surface area contributed by atoms with Crippen LogP contribution in [0.1, 0.15) is 48.3 Å². The van der Waals surface area contributed by atoms with Gasteiger partial charge in [-0.2, -0.15) is 0 Å². The van der Waals surface area contributed by atoms with E-state index < -0.39 is 5.97 Å². The van der Waals surface area contributed by atoms with Crippen LogP contribution in [-0.2, 0) is 16.0 Å². The van der Waals surface area contributed by atoms with Crippen LogP contribution in [0.15, 0.2) is 42.5 Å². The van der Waals surface area contributed by atoms with Gasteiger partial charge >= 0.3 is 5.97 Å². The van der Waals surface area contributed by atoms with Crippen molar-refractivity contribution in [2.75, 3.05) is 20.8 Å². The zero-order valence-electron chi connectivity index (χ0n) is 17.7. The third-order valence-corrected chi connectivity index (χ3v) is 4.69. The van der Waals surface area contributed by atoms with Gasteiger partial charge in [0.1, 0.15) is 17.1 Å². The molecule has 1 N–H and O–H groups in total. The van der Waals surface area contributed by atoms with Gasteiger partial charge in [-0.25, -0.2) is 4.79 Å². The van der Waals surface area contributed by atoms with Gasteiger partial charge in [0.25, 0.3) is 5.91 Å². The maximum absolute atomic E-state index is 12.4. The molecule has 0 spiro atoms. The number of aryl methyl sites for hydroxylation is 1. The Morgan fingerprint density at radius 3 is 2.24 bits per heavy atom. The molecule has 2 aromatic rings. The fraction of sp³-hybridized carbons (Fsp3) is 0.391. The largest absolute Gasteiger partial charge is 0.497 e. The summed E-state index contributed by atoms with van der Waals surface area (Å²) in [7, 11) is 2.98. The number of carbonyl (C=O) groups is 2. The predicted molar refractivity (Wildman–Crippen MR) is 111 cm³/mol. The Labute approximate surface area is 172 Å². The zero-order valence-corrected chi connectivity index (χ0v) is 17.7. The number of carbonyl (C=O) groups excluding carboxylic acids is 2. The summed E-state index contributed by atoms with van der Waals surface area (Å²) in [6, 6.07) is 12.8. The van der Waals surface area contributed by atoms with E-state index >= 15 is 0 Å². The van der Waals surface area contributed by atoms with Gasteiger partial charge in [-0.3, -0.25) is 4.79 Å². The van der Waals surface area contributed by atoms with Crippen molar-refractivity contribution in [2.45, 2.75) is 33.2 Å². The Kier molecular flexibility index (Phi) is 8.07. The van der Waals surface area contributed by atoms with E-state index in [1.807, 2.05) is 26.0 Å². The molecule has 6 nitrogen and oxygen atoms in total. The minimum Gasteiger partial charge on any atom is -0.497 e. The quantitative estimate of drug-likeness (QED) is 0.647. The summed E-state index contributed by atoms with van der Waals surface area (Å²) < 4.78 is 15.5. The van der Waals surface area contributed by atoms with Gasteiger partial charge in [-0.05, 0) is 35.6 Å². The zero-order chi connectivity index (χ0) is 21.4. The first kappa shape index (κ1) is 22.3. The van der Waals surface area contributed by atoms with E-state index in [0.29, 0.717) is 11.5 Å². The average molecular weight is 399 g/mol. The van der Waals surface area contributed by atoms with Crippen LogP contribution < -0.4 is 14.8 Å². The van der Waals surface area contributed by atoms with Gasteiger partial charge in [-0.15, -0.1) is 0 Å². The van der Waals surface area contributed by atoms with Crippen molar-refractivity contribution in [1.82, 2.24) is 5.32 Å². The third-order valence-electron chi connectivity index (χ3n) is 4.69. The number of nitrogens with one attached hydrogen (secondary N) is 1. The smallest absolute Gasteiger partial charge is 0.342 e. The van der Waals surface area contributed by atoms with E-state index in [9.17, 15) is 9.59 Å². The Morgan fingerprint density at radius 1 is 1.00 bits per heavy atom. The molecule has 1 amide bonds. The maximum atomic E-state index is 12.4. The molecule has 0 aromatic heterocycles. The number of benzene rings is 2. The van der Waals surface area contributed by atoms with Gasteiger partial charge in [0.2, 0.25) is 0 Å². The second-order valence-corrected chi connectivity index (χ2v) is 7.03. The van der Waals surface area contributed by atoms with Crippen LogP contribution in [0, 0.1) is 5.92 Å². The molecule has 2 aromatic carbocycles. The topological polar surface area (TPSA) is 73.9 Å². The van der Waals surface area contributed by atoms with E-state index in [1.165, 1.54) is 19.8 Å². The fourth-order valence-electron chi connectivity index (χ4n) is 2.99. The van der Waals surface area contributed by atoms with Gasteiger partial charge < -0.3 is 19.5 Å². The summed E-state index contributed by atoms with van der Waals surface area (Å²) >= 11 is 0. The summed E-state index contributed by atoms with van der Waals surface area (Å²) in [5.41, 5.74) is 2.50. The van der Waals surface area contributed by atoms with Crippen LogP contribution in [0.25, 0.3) is 0 Å². The van der Waals surface area contributed by atoms with Crippen molar-refractivity contribution in [3.8, 4) is 11.5 Å². The number of methoxy groups -OCH3 is 2. The van der Waals surface area contributed by atoms with Gasteiger partial charge in [-0.1, -0.05) is 45.0 Å². The molecule has 0 saturated carbocycles. The van der Waals surface area contributed by atoms with E-state index in [1.54, 1.807) is 18.2 Å². The molecule has 0 saturated heterocycles. The Balaban J connectivity index is 2.00. The van der Waals surface area contributed by atoms with Crippen LogP contribution >= 0.6 is 0 Å². The number of ether oxygens (including phenoxy) is 3. The van der Waals surface area contributed by atoms with Crippen molar-refractivity contribution < 1.29 is 23.8 Å². The molecule has 0 unspecified atom stereocenters. The molecule has 0 radical (unpaired) electrons. The third kappa shape index (κ3) is 5.98. The standard InChI is InChI=1S/C23H29NO5/c1-6-16-7-9-17(10-8-16)22(15(2)3)24-21(25)14-29-23(26)19-12-11-18(27-4)13-20(19)28-5/h7-13,15,22H,6,14H2,1-5H3,(H,24,25)/t22-/m0/s1. The van der Waals surface area contributed by atoms with Crippen molar-refractivity contribution >= 4 is 11.9 Å². The van der Waals surface area contributed by atoms with Gasteiger partial charge in [0.15, 0.2) is 6.61 Å². The highest BCUT2D eigenvalue weighted by Crippen LogP contribution is 2.25. The van der Waals surface area contributed by atoms with Crippen molar-refractivity contribution in [1.29, 1.82) is 0 Å². The molecule has 0 bridgehead atoms. The fourth-order valence-corrected chi connectivity index (χ4v) is 2.99. The highest BCUT2D eigenvalue weighted by molar-refractivity contribution is 5.94. The first-order valence-corrected chi connectivity index (χ1v) is 9.66. The number of esters is 1. The van der Waals surface area contributed by atoms with Crippen LogP contribution in [0.3, 0.4) is 0 Å². The molecule has 0 aliphatic heterocycles. The molecule has 0 aliphatic carbocycles. The first-order chi connectivity index (χ1) is 13.9. The van der Waals surface area contributed by atoms with Gasteiger partial charge in [0.05, 0.1) is 20.3 Å². The highest BCUT2D eigenvalue weighted by Gasteiger charge is 2.20. The molecular formula is C23H29NO5. The van der Waals surface area contributed by atoms with E-state index in [2.05, 4.69) is 24.4 Å². The van der Waals surface area contributed by atoms with Crippen molar-refractivity contribution in [2.24, 2.45) is 5.92 Å². The van der Waals surface area contributed by atoms with Crippen molar-refractivity contribution in [3.05, 3.63) is 59.2 Å². The van der Waals surface area contributed by atoms with E-state index in [4.69, 9.17) is 14.2 Å². The lowest BCUT2D eigenvalue weighted by Gasteiger charge is -2.23. The van der Waals surface area contributed by atoms with Crippen LogP contribution in [0.5, 0.6) is 11.5 Å². The van der Waals surface area contributed by atoms with Crippen molar-refractivity contribution in [3.63, 3.8) is 0 Å². The maximum Gasteiger partial charge on any atom is 0.342 e. The predicted octanol–water partition coefficient (Wildman–Crippen LogP) is 3.94. The molecule has 156 valence electrons. The lowest BCUT2D eigenvalue weighted by Crippen LogP contribution is -2.35. The molecule has 0 heterocycles. The molecule has 6 heteroatoms. The van der Waals surface area contributed by atoms with E-state index in [-0.39, 0.29) is 30.0 Å². The lowest BCUT2D eigenvalue weighted by atomic mass is 9.95. The molecule has 0 fully saturated rings. The molecule has 1 atom stereocenters. The lowest BCUT2D eigenvalue weighted by molar-refractivity contribution is -0.125. The number of hydrogen-bond acceptors (Lipinski definition) is 5. The SMILES string of the molecule is CCc1ccc([C@@H](NC(=O)COC(=O)c2ccc(OC)cc2OC)C(C)C)cc1. The normalized spacial score (nSPS) is 11.7. The minimum absolute atomic E-state index is 0.164. The monoisotopic (exact) mass is 399 g/mol. The molecular weight excluding hydrogens is 370 g/mol. The molecule has 0 aliphatic rings. The Hall–Kier alpha value is -3.02. The number of rotatable bonds is 9. The summed E-state index contributed by atoms with van der Waals surface area (Å²) in [4.78, 5) is 24.8. The van der Waals surface area contributed by atoms with E-state index in [0.717, 1.165) is 12.0 Å². The molecule has 2 rings (SSSR count). The molecule has 29 heavy (non-hydrogen) atoms. The van der Waals surface area contributed by atoms with Crippen LogP contribution in [0.4, 0.5) is 0 Å². The van der Waals surface area contributed by atoms with Gasteiger partial charge in [0, 0.05) is 6.07 Å². The number of amides is 1. The second-order valence-electron chi connectivity index (χ2n) is 7.03. The van der Waals surface area contributed by atoms with Crippen LogP contribution in [-0.4, -0.2) is 32.7 Å². The first-order valence-electron chi connectivity index (χ1n) is 9.66. The minimum atomic E-state index is -0.631. The second kappa shape index (κ2) is 10.5. The summed E-state index contributed by atoms with van der Waals surface area (Å²) in [5.74, 6) is 0.0804.